The first-order chi connectivity index (χ1) is 14.8. The minimum atomic E-state index is -0.539. The standard InChI is InChI=1S/C24H35FN2O4/c1-23(2,3)31-22(28)27-12-9-24(7-10-26-11-8-24)20(15-27)19-5-4-17(25)14-21(19)30-18-6-13-29-16-18/h4-5,14,18,20,26H,6-13,15-16H2,1-3H3. The molecule has 3 aliphatic rings. The fraction of sp³-hybridized carbons (Fsp3) is 0.708. The van der Waals surface area contributed by atoms with Gasteiger partial charge >= 0.3 is 6.09 Å². The summed E-state index contributed by atoms with van der Waals surface area (Å²) in [5.74, 6) is 0.343. The molecule has 2 atom stereocenters. The maximum absolute atomic E-state index is 14.2. The molecule has 0 aromatic heterocycles. The molecule has 0 bridgehead atoms. The van der Waals surface area contributed by atoms with Crippen molar-refractivity contribution in [3.8, 4) is 5.75 Å². The molecule has 3 heterocycles. The highest BCUT2D eigenvalue weighted by molar-refractivity contribution is 5.68. The van der Waals surface area contributed by atoms with Gasteiger partial charge in [0.25, 0.3) is 0 Å². The van der Waals surface area contributed by atoms with E-state index in [-0.39, 0.29) is 29.3 Å². The number of nitrogens with zero attached hydrogens (tertiary/aromatic N) is 1. The van der Waals surface area contributed by atoms with Crippen molar-refractivity contribution < 1.29 is 23.4 Å². The van der Waals surface area contributed by atoms with E-state index in [0.29, 0.717) is 32.1 Å². The van der Waals surface area contributed by atoms with Gasteiger partial charge in [0.2, 0.25) is 0 Å². The number of likely N-dealkylation sites (tertiary alicyclic amines) is 1. The number of carbonyl (C=O) groups is 1. The summed E-state index contributed by atoms with van der Waals surface area (Å²) in [5, 5.41) is 3.46. The lowest BCUT2D eigenvalue weighted by molar-refractivity contribution is -0.00299. The highest BCUT2D eigenvalue weighted by Crippen LogP contribution is 2.51. The van der Waals surface area contributed by atoms with Crippen molar-refractivity contribution in [3.63, 3.8) is 0 Å². The van der Waals surface area contributed by atoms with Crippen molar-refractivity contribution in [2.45, 2.75) is 64.1 Å². The summed E-state index contributed by atoms with van der Waals surface area (Å²) >= 11 is 0. The molecule has 3 aliphatic heterocycles. The molecular weight excluding hydrogens is 399 g/mol. The first-order valence-corrected chi connectivity index (χ1v) is 11.5. The third-order valence-electron chi connectivity index (χ3n) is 6.81. The van der Waals surface area contributed by atoms with Gasteiger partial charge in [0.15, 0.2) is 0 Å². The molecule has 172 valence electrons. The van der Waals surface area contributed by atoms with Crippen LogP contribution in [0.15, 0.2) is 18.2 Å². The lowest BCUT2D eigenvalue weighted by Gasteiger charge is -2.50. The van der Waals surface area contributed by atoms with E-state index < -0.39 is 5.60 Å². The van der Waals surface area contributed by atoms with Crippen LogP contribution in [0, 0.1) is 11.2 Å². The van der Waals surface area contributed by atoms with Crippen LogP contribution >= 0.6 is 0 Å². The van der Waals surface area contributed by atoms with Gasteiger partial charge in [-0.25, -0.2) is 9.18 Å². The van der Waals surface area contributed by atoms with Gasteiger partial charge in [-0.2, -0.15) is 0 Å². The molecule has 0 saturated carbocycles. The van der Waals surface area contributed by atoms with Crippen molar-refractivity contribution in [1.82, 2.24) is 10.2 Å². The van der Waals surface area contributed by atoms with Crippen LogP contribution in [0.2, 0.25) is 0 Å². The third kappa shape index (κ3) is 5.14. The lowest BCUT2D eigenvalue weighted by Crippen LogP contribution is -2.52. The van der Waals surface area contributed by atoms with Crippen molar-refractivity contribution in [1.29, 1.82) is 0 Å². The molecular formula is C24H35FN2O4. The second kappa shape index (κ2) is 8.94. The predicted molar refractivity (Wildman–Crippen MR) is 116 cm³/mol. The number of ether oxygens (including phenoxy) is 3. The normalized spacial score (nSPS) is 26.1. The maximum Gasteiger partial charge on any atom is 0.410 e. The van der Waals surface area contributed by atoms with Gasteiger partial charge in [-0.15, -0.1) is 0 Å². The van der Waals surface area contributed by atoms with Gasteiger partial charge in [-0.3, -0.25) is 0 Å². The van der Waals surface area contributed by atoms with Crippen LogP contribution in [-0.2, 0) is 9.47 Å². The fourth-order valence-corrected chi connectivity index (χ4v) is 5.16. The molecule has 6 nitrogen and oxygen atoms in total. The van der Waals surface area contributed by atoms with Crippen LogP contribution in [-0.4, -0.2) is 62.1 Å². The van der Waals surface area contributed by atoms with E-state index in [0.717, 1.165) is 44.3 Å². The number of benzene rings is 1. The lowest BCUT2D eigenvalue weighted by atomic mass is 9.62. The molecule has 1 aromatic carbocycles. The molecule has 0 radical (unpaired) electrons. The van der Waals surface area contributed by atoms with E-state index >= 15 is 0 Å². The van der Waals surface area contributed by atoms with E-state index in [9.17, 15) is 9.18 Å². The number of piperidine rings is 2. The van der Waals surface area contributed by atoms with E-state index in [1.54, 1.807) is 0 Å². The first kappa shape index (κ1) is 22.3. The Hall–Kier alpha value is -1.86. The summed E-state index contributed by atoms with van der Waals surface area (Å²) in [4.78, 5) is 14.7. The first-order valence-electron chi connectivity index (χ1n) is 11.5. The van der Waals surface area contributed by atoms with Crippen LogP contribution in [0.4, 0.5) is 9.18 Å². The average molecular weight is 435 g/mol. The Morgan fingerprint density at radius 3 is 2.71 bits per heavy atom. The van der Waals surface area contributed by atoms with Gasteiger partial charge in [-0.05, 0) is 70.2 Å². The van der Waals surface area contributed by atoms with Crippen LogP contribution in [0.25, 0.3) is 0 Å². The van der Waals surface area contributed by atoms with Gasteiger partial charge < -0.3 is 24.4 Å². The summed E-state index contributed by atoms with van der Waals surface area (Å²) in [7, 11) is 0. The maximum atomic E-state index is 14.2. The number of amides is 1. The van der Waals surface area contributed by atoms with Crippen molar-refractivity contribution in [2.24, 2.45) is 5.41 Å². The van der Waals surface area contributed by atoms with Crippen LogP contribution < -0.4 is 10.1 Å². The van der Waals surface area contributed by atoms with Crippen molar-refractivity contribution >= 4 is 6.09 Å². The Kier molecular flexibility index (Phi) is 6.44. The highest BCUT2D eigenvalue weighted by Gasteiger charge is 2.47. The van der Waals surface area contributed by atoms with E-state index in [1.807, 2.05) is 31.7 Å². The highest BCUT2D eigenvalue weighted by atomic mass is 19.1. The van der Waals surface area contributed by atoms with Gasteiger partial charge in [-0.1, -0.05) is 6.07 Å². The van der Waals surface area contributed by atoms with Crippen LogP contribution in [0.1, 0.15) is 57.9 Å². The number of rotatable bonds is 3. The molecule has 2 unspecified atom stereocenters. The third-order valence-corrected chi connectivity index (χ3v) is 6.81. The summed E-state index contributed by atoms with van der Waals surface area (Å²) in [6.45, 7) is 9.99. The average Bonchev–Trinajstić information content (AvgIpc) is 3.21. The molecule has 4 rings (SSSR count). The fourth-order valence-electron chi connectivity index (χ4n) is 5.16. The molecule has 3 fully saturated rings. The molecule has 1 amide bonds. The summed E-state index contributed by atoms with van der Waals surface area (Å²) in [6.07, 6.45) is 3.43. The zero-order chi connectivity index (χ0) is 22.1. The Morgan fingerprint density at radius 1 is 1.26 bits per heavy atom. The summed E-state index contributed by atoms with van der Waals surface area (Å²) in [6, 6.07) is 4.86. The van der Waals surface area contributed by atoms with E-state index in [1.165, 1.54) is 12.1 Å². The van der Waals surface area contributed by atoms with Crippen molar-refractivity contribution in [3.05, 3.63) is 29.6 Å². The van der Waals surface area contributed by atoms with Crippen LogP contribution in [0.5, 0.6) is 5.75 Å². The minimum absolute atomic E-state index is 0.0601. The van der Waals surface area contributed by atoms with Gasteiger partial charge in [0.1, 0.15) is 23.3 Å². The largest absolute Gasteiger partial charge is 0.488 e. The SMILES string of the molecule is CC(C)(C)OC(=O)N1CCC2(CCNCC2)C(c2ccc(F)cc2OC2CCOC2)C1. The molecule has 31 heavy (non-hydrogen) atoms. The Morgan fingerprint density at radius 2 is 2.03 bits per heavy atom. The molecule has 1 aromatic rings. The Bertz CT molecular complexity index is 782. The number of hydrogen-bond donors (Lipinski definition) is 1. The number of hydrogen-bond acceptors (Lipinski definition) is 5. The summed E-state index contributed by atoms with van der Waals surface area (Å²) in [5.41, 5.74) is 0.512. The predicted octanol–water partition coefficient (Wildman–Crippen LogP) is 4.09. The second-order valence-electron chi connectivity index (χ2n) is 10.1. The van der Waals surface area contributed by atoms with E-state index in [2.05, 4.69) is 5.32 Å². The monoisotopic (exact) mass is 434 g/mol. The molecule has 1 spiro atoms. The number of carbonyl (C=O) groups excluding carboxylic acids is 1. The van der Waals surface area contributed by atoms with Crippen LogP contribution in [0.3, 0.4) is 0 Å². The Balaban J connectivity index is 1.65. The molecule has 0 aliphatic carbocycles. The molecule has 3 saturated heterocycles. The quantitative estimate of drug-likeness (QED) is 0.777. The smallest absolute Gasteiger partial charge is 0.410 e. The zero-order valence-corrected chi connectivity index (χ0v) is 18.9. The van der Waals surface area contributed by atoms with Gasteiger partial charge in [0, 0.05) is 31.5 Å². The topological polar surface area (TPSA) is 60.0 Å². The van der Waals surface area contributed by atoms with Crippen molar-refractivity contribution in [2.75, 3.05) is 39.4 Å². The summed E-state index contributed by atoms with van der Waals surface area (Å²) < 4.78 is 31.6. The minimum Gasteiger partial charge on any atom is -0.488 e. The second-order valence-corrected chi connectivity index (χ2v) is 10.1. The number of halogens is 1. The molecule has 1 N–H and O–H groups in total. The molecule has 7 heteroatoms. The zero-order valence-electron chi connectivity index (χ0n) is 18.9. The van der Waals surface area contributed by atoms with Gasteiger partial charge in [0.05, 0.1) is 13.2 Å². The number of nitrogens with one attached hydrogen (secondary N) is 1. The Labute approximate surface area is 184 Å². The van der Waals surface area contributed by atoms with E-state index in [4.69, 9.17) is 14.2 Å².